The average Bonchev–Trinajstić information content (AvgIpc) is 2.38. The van der Waals surface area contributed by atoms with Gasteiger partial charge in [0.2, 0.25) is 0 Å². The Bertz CT molecular complexity index is 453. The Morgan fingerprint density at radius 1 is 1.53 bits per heavy atom. The van der Waals surface area contributed by atoms with E-state index in [1.54, 1.807) is 6.07 Å². The van der Waals surface area contributed by atoms with Gasteiger partial charge in [-0.3, -0.25) is 4.79 Å². The highest BCUT2D eigenvalue weighted by Crippen LogP contribution is 2.23. The van der Waals surface area contributed by atoms with Crippen molar-refractivity contribution in [2.24, 2.45) is 0 Å². The smallest absolute Gasteiger partial charge is 0.258 e. The first-order valence-electron chi connectivity index (χ1n) is 6.18. The number of ether oxygens (including phenoxy) is 1. The first-order chi connectivity index (χ1) is 8.97. The second-order valence-corrected chi connectivity index (χ2v) is 5.42. The minimum atomic E-state index is -0.575. The van der Waals surface area contributed by atoms with Gasteiger partial charge in [-0.05, 0) is 31.9 Å². The van der Waals surface area contributed by atoms with E-state index in [0.29, 0.717) is 0 Å². The summed E-state index contributed by atoms with van der Waals surface area (Å²) in [5.41, 5.74) is -0.410. The molecule has 0 aliphatic heterocycles. The molecule has 1 atom stereocenters. The molecular weight excluding hydrogens is 313 g/mol. The van der Waals surface area contributed by atoms with Gasteiger partial charge in [-0.2, -0.15) is 0 Å². The Morgan fingerprint density at radius 2 is 2.21 bits per heavy atom. The summed E-state index contributed by atoms with van der Waals surface area (Å²) in [6.07, 6.45) is 1.53. The van der Waals surface area contributed by atoms with Crippen LogP contribution in [-0.2, 0) is 0 Å². The number of halogens is 2. The largest absolute Gasteiger partial charge is 0.496 e. The molecule has 1 amide bonds. The average molecular weight is 332 g/mol. The topological polar surface area (TPSA) is 38.3 Å². The van der Waals surface area contributed by atoms with E-state index >= 15 is 0 Å². The minimum absolute atomic E-state index is 0.0424. The SMILES string of the molecule is CCC(C)(CCBr)NC(=O)c1c(F)cccc1OC. The van der Waals surface area contributed by atoms with Crippen LogP contribution < -0.4 is 10.1 Å². The maximum absolute atomic E-state index is 13.8. The lowest BCUT2D eigenvalue weighted by Crippen LogP contribution is -2.46. The van der Waals surface area contributed by atoms with Crippen molar-refractivity contribution in [3.8, 4) is 5.75 Å². The summed E-state index contributed by atoms with van der Waals surface area (Å²) < 4.78 is 18.8. The summed E-state index contributed by atoms with van der Waals surface area (Å²) in [4.78, 5) is 12.2. The van der Waals surface area contributed by atoms with Gasteiger partial charge in [-0.15, -0.1) is 0 Å². The Labute approximate surface area is 121 Å². The van der Waals surface area contributed by atoms with Crippen molar-refractivity contribution in [3.05, 3.63) is 29.6 Å². The van der Waals surface area contributed by atoms with Crippen LogP contribution in [0.15, 0.2) is 18.2 Å². The van der Waals surface area contributed by atoms with Gasteiger partial charge in [0.15, 0.2) is 0 Å². The van der Waals surface area contributed by atoms with Crippen molar-refractivity contribution in [2.45, 2.75) is 32.2 Å². The minimum Gasteiger partial charge on any atom is -0.496 e. The van der Waals surface area contributed by atoms with Crippen molar-refractivity contribution in [1.82, 2.24) is 5.32 Å². The molecular formula is C14H19BrFNO2. The summed E-state index contributed by atoms with van der Waals surface area (Å²) in [7, 11) is 1.42. The molecule has 19 heavy (non-hydrogen) atoms. The standard InChI is InChI=1S/C14H19BrFNO2/c1-4-14(2,8-9-15)17-13(18)12-10(16)6-5-7-11(12)19-3/h5-7H,4,8-9H2,1-3H3,(H,17,18). The van der Waals surface area contributed by atoms with E-state index in [2.05, 4.69) is 21.2 Å². The molecule has 0 aromatic heterocycles. The molecule has 3 nitrogen and oxygen atoms in total. The third-order valence-electron chi connectivity index (χ3n) is 3.26. The number of carbonyl (C=O) groups excluding carboxylic acids is 1. The van der Waals surface area contributed by atoms with Crippen molar-refractivity contribution in [2.75, 3.05) is 12.4 Å². The quantitative estimate of drug-likeness (QED) is 0.810. The number of amides is 1. The Balaban J connectivity index is 3.01. The van der Waals surface area contributed by atoms with Crippen LogP contribution in [0.2, 0.25) is 0 Å². The zero-order chi connectivity index (χ0) is 14.5. The maximum Gasteiger partial charge on any atom is 0.258 e. The highest BCUT2D eigenvalue weighted by atomic mass is 79.9. The van der Waals surface area contributed by atoms with Crippen molar-refractivity contribution >= 4 is 21.8 Å². The zero-order valence-electron chi connectivity index (χ0n) is 11.4. The van der Waals surface area contributed by atoms with Crippen LogP contribution in [0.3, 0.4) is 0 Å². The highest BCUT2D eigenvalue weighted by Gasteiger charge is 2.27. The third kappa shape index (κ3) is 3.93. The van der Waals surface area contributed by atoms with E-state index in [9.17, 15) is 9.18 Å². The van der Waals surface area contributed by atoms with Gasteiger partial charge in [0.05, 0.1) is 7.11 Å². The molecule has 1 N–H and O–H groups in total. The summed E-state index contributed by atoms with van der Waals surface area (Å²) >= 11 is 3.36. The number of benzene rings is 1. The van der Waals surface area contributed by atoms with Gasteiger partial charge < -0.3 is 10.1 Å². The van der Waals surface area contributed by atoms with Gasteiger partial charge in [0, 0.05) is 10.9 Å². The molecule has 106 valence electrons. The van der Waals surface area contributed by atoms with Gasteiger partial charge in [0.25, 0.3) is 5.91 Å². The van der Waals surface area contributed by atoms with Crippen LogP contribution in [0.5, 0.6) is 5.75 Å². The van der Waals surface area contributed by atoms with Crippen LogP contribution in [0.25, 0.3) is 0 Å². The molecule has 5 heteroatoms. The monoisotopic (exact) mass is 331 g/mol. The number of hydrogen-bond acceptors (Lipinski definition) is 2. The molecule has 0 saturated carbocycles. The number of hydrogen-bond donors (Lipinski definition) is 1. The lowest BCUT2D eigenvalue weighted by molar-refractivity contribution is 0.0894. The zero-order valence-corrected chi connectivity index (χ0v) is 13.0. The van der Waals surface area contributed by atoms with E-state index in [-0.39, 0.29) is 16.9 Å². The number of alkyl halides is 1. The molecule has 0 radical (unpaired) electrons. The third-order valence-corrected chi connectivity index (χ3v) is 3.66. The molecule has 1 rings (SSSR count). The molecule has 0 aliphatic carbocycles. The Morgan fingerprint density at radius 3 is 2.74 bits per heavy atom. The number of methoxy groups -OCH3 is 1. The lowest BCUT2D eigenvalue weighted by Gasteiger charge is -2.29. The summed E-state index contributed by atoms with van der Waals surface area (Å²) in [6.45, 7) is 3.93. The van der Waals surface area contributed by atoms with E-state index in [0.717, 1.165) is 18.2 Å². The Hall–Kier alpha value is -1.10. The second-order valence-electron chi connectivity index (χ2n) is 4.62. The molecule has 1 unspecified atom stereocenters. The van der Waals surface area contributed by atoms with E-state index in [4.69, 9.17) is 4.74 Å². The van der Waals surface area contributed by atoms with Crippen LogP contribution in [0.4, 0.5) is 4.39 Å². The van der Waals surface area contributed by atoms with Crippen molar-refractivity contribution in [3.63, 3.8) is 0 Å². The fourth-order valence-corrected chi connectivity index (χ4v) is 2.64. The molecule has 0 bridgehead atoms. The first kappa shape index (κ1) is 16.0. The summed E-state index contributed by atoms with van der Waals surface area (Å²) in [5, 5.41) is 3.66. The molecule has 0 spiro atoms. The molecule has 0 heterocycles. The predicted octanol–water partition coefficient (Wildman–Crippen LogP) is 3.52. The van der Waals surface area contributed by atoms with Gasteiger partial charge in [0.1, 0.15) is 17.1 Å². The molecule has 0 aliphatic rings. The number of carbonyl (C=O) groups is 1. The number of nitrogens with one attached hydrogen (secondary N) is 1. The van der Waals surface area contributed by atoms with E-state index in [1.807, 2.05) is 13.8 Å². The van der Waals surface area contributed by atoms with Crippen molar-refractivity contribution in [1.29, 1.82) is 0 Å². The fourth-order valence-electron chi connectivity index (χ4n) is 1.77. The van der Waals surface area contributed by atoms with Gasteiger partial charge >= 0.3 is 0 Å². The van der Waals surface area contributed by atoms with Crippen molar-refractivity contribution < 1.29 is 13.9 Å². The first-order valence-corrected chi connectivity index (χ1v) is 7.30. The molecule has 0 saturated heterocycles. The van der Waals surface area contributed by atoms with Gasteiger partial charge in [-0.25, -0.2) is 4.39 Å². The number of rotatable bonds is 6. The predicted molar refractivity (Wildman–Crippen MR) is 77.5 cm³/mol. The van der Waals surface area contributed by atoms with E-state index < -0.39 is 11.7 Å². The van der Waals surface area contributed by atoms with Crippen LogP contribution in [-0.4, -0.2) is 23.9 Å². The normalized spacial score (nSPS) is 13.7. The molecule has 0 fully saturated rings. The fraction of sp³-hybridized carbons (Fsp3) is 0.500. The highest BCUT2D eigenvalue weighted by molar-refractivity contribution is 9.09. The van der Waals surface area contributed by atoms with Gasteiger partial charge in [-0.1, -0.05) is 28.9 Å². The van der Waals surface area contributed by atoms with E-state index in [1.165, 1.54) is 19.2 Å². The maximum atomic E-state index is 13.8. The van der Waals surface area contributed by atoms with Crippen LogP contribution in [0, 0.1) is 5.82 Å². The molecule has 1 aromatic rings. The lowest BCUT2D eigenvalue weighted by atomic mass is 9.95. The van der Waals surface area contributed by atoms with Crippen LogP contribution >= 0.6 is 15.9 Å². The summed E-state index contributed by atoms with van der Waals surface area (Å²) in [6, 6.07) is 4.35. The second kappa shape index (κ2) is 6.89. The van der Waals surface area contributed by atoms with Crippen LogP contribution in [0.1, 0.15) is 37.0 Å². The Kier molecular flexibility index (Phi) is 5.79. The summed E-state index contributed by atoms with van der Waals surface area (Å²) in [5.74, 6) is -0.774. The molecule has 1 aromatic carbocycles.